The molecule has 194 valence electrons. The van der Waals surface area contributed by atoms with Crippen molar-refractivity contribution >= 4 is 60.3 Å². The zero-order chi connectivity index (χ0) is 27.3. The molecule has 2 nitrogen and oxygen atoms in total. The SMILES string of the molecule is O=c1c2ccccc2sc2cc(N3c4ccccc4-c4ccccc4Sc4ccccc4-c4ccccc43)ccc12. The van der Waals surface area contributed by atoms with Crippen molar-refractivity contribution in [3.63, 3.8) is 0 Å². The topological polar surface area (TPSA) is 20.3 Å². The summed E-state index contributed by atoms with van der Waals surface area (Å²) < 4.78 is 1.98. The molecule has 0 saturated heterocycles. The molecule has 0 bridgehead atoms. The van der Waals surface area contributed by atoms with Crippen LogP contribution in [0.4, 0.5) is 17.1 Å². The summed E-state index contributed by atoms with van der Waals surface area (Å²) in [6.07, 6.45) is 0. The maximum atomic E-state index is 13.4. The molecule has 2 heterocycles. The summed E-state index contributed by atoms with van der Waals surface area (Å²) in [5, 5.41) is 1.53. The van der Waals surface area contributed by atoms with Gasteiger partial charge in [-0.3, -0.25) is 4.79 Å². The van der Waals surface area contributed by atoms with Gasteiger partial charge in [0.15, 0.2) is 5.43 Å². The molecule has 0 aliphatic carbocycles. The molecular formula is C37H23NOS2. The van der Waals surface area contributed by atoms with Crippen LogP contribution in [0.2, 0.25) is 0 Å². The van der Waals surface area contributed by atoms with Gasteiger partial charge in [0, 0.05) is 46.8 Å². The molecule has 0 atom stereocenters. The Hall–Kier alpha value is -4.64. The van der Waals surface area contributed by atoms with E-state index in [1.165, 1.54) is 20.9 Å². The normalized spacial score (nSPS) is 12.3. The van der Waals surface area contributed by atoms with Gasteiger partial charge in [-0.15, -0.1) is 11.3 Å². The van der Waals surface area contributed by atoms with Gasteiger partial charge < -0.3 is 4.90 Å². The average molecular weight is 562 g/mol. The highest BCUT2D eigenvalue weighted by Crippen LogP contribution is 2.50. The van der Waals surface area contributed by atoms with E-state index in [0.717, 1.165) is 48.4 Å². The second kappa shape index (κ2) is 9.77. The van der Waals surface area contributed by atoms with Crippen LogP contribution in [-0.2, 0) is 0 Å². The predicted octanol–water partition coefficient (Wildman–Crippen LogP) is 10.7. The summed E-state index contributed by atoms with van der Waals surface area (Å²) in [5.41, 5.74) is 8.02. The van der Waals surface area contributed by atoms with E-state index in [2.05, 4.69) is 114 Å². The summed E-state index contributed by atoms with van der Waals surface area (Å²) in [7, 11) is 0. The fourth-order valence-electron chi connectivity index (χ4n) is 5.80. The van der Waals surface area contributed by atoms with Gasteiger partial charge in [-0.2, -0.15) is 0 Å². The molecule has 41 heavy (non-hydrogen) atoms. The third kappa shape index (κ3) is 3.99. The molecule has 0 unspecified atom stereocenters. The molecule has 0 fully saturated rings. The molecule has 7 aromatic rings. The number of anilines is 3. The fourth-order valence-corrected chi connectivity index (χ4v) is 8.02. The number of benzene rings is 6. The number of nitrogens with zero attached hydrogens (tertiary/aromatic N) is 1. The molecule has 0 amide bonds. The van der Waals surface area contributed by atoms with Gasteiger partial charge in [0.2, 0.25) is 0 Å². The third-order valence-electron chi connectivity index (χ3n) is 7.68. The summed E-state index contributed by atoms with van der Waals surface area (Å²) in [6, 6.07) is 48.8. The highest BCUT2D eigenvalue weighted by atomic mass is 32.2. The van der Waals surface area contributed by atoms with Gasteiger partial charge in [-0.25, -0.2) is 0 Å². The lowest BCUT2D eigenvalue weighted by molar-refractivity contribution is 1.27. The van der Waals surface area contributed by atoms with Crippen molar-refractivity contribution in [3.8, 4) is 22.3 Å². The monoisotopic (exact) mass is 561 g/mol. The molecule has 1 aliphatic rings. The molecule has 1 aromatic heterocycles. The first-order valence-electron chi connectivity index (χ1n) is 13.6. The molecule has 1 aliphatic heterocycles. The van der Waals surface area contributed by atoms with Crippen LogP contribution in [0, 0.1) is 0 Å². The molecule has 4 heteroatoms. The van der Waals surface area contributed by atoms with Crippen LogP contribution in [0.1, 0.15) is 0 Å². The number of hydrogen-bond acceptors (Lipinski definition) is 4. The van der Waals surface area contributed by atoms with E-state index < -0.39 is 0 Å². The Kier molecular flexibility index (Phi) is 5.76. The van der Waals surface area contributed by atoms with Gasteiger partial charge in [0.05, 0.1) is 11.4 Å². The van der Waals surface area contributed by atoms with E-state index in [1.807, 2.05) is 42.1 Å². The zero-order valence-electron chi connectivity index (χ0n) is 22.0. The van der Waals surface area contributed by atoms with Crippen LogP contribution >= 0.6 is 23.1 Å². The lowest BCUT2D eigenvalue weighted by Crippen LogP contribution is -2.13. The minimum absolute atomic E-state index is 0.0857. The molecular weight excluding hydrogens is 539 g/mol. The first-order valence-corrected chi connectivity index (χ1v) is 15.2. The van der Waals surface area contributed by atoms with E-state index in [-0.39, 0.29) is 5.43 Å². The van der Waals surface area contributed by atoms with E-state index >= 15 is 0 Å². The summed E-state index contributed by atoms with van der Waals surface area (Å²) in [4.78, 5) is 18.2. The molecule has 0 radical (unpaired) electrons. The fraction of sp³-hybridized carbons (Fsp3) is 0. The van der Waals surface area contributed by atoms with E-state index in [0.29, 0.717) is 0 Å². The minimum Gasteiger partial charge on any atom is -0.309 e. The van der Waals surface area contributed by atoms with Gasteiger partial charge >= 0.3 is 0 Å². The van der Waals surface area contributed by atoms with Crippen molar-refractivity contribution in [2.24, 2.45) is 0 Å². The van der Waals surface area contributed by atoms with Crippen LogP contribution in [0.15, 0.2) is 154 Å². The highest BCUT2D eigenvalue weighted by Gasteiger charge is 2.24. The van der Waals surface area contributed by atoms with Crippen LogP contribution in [0.5, 0.6) is 0 Å². The standard InChI is InChI=1S/C37H23NOS2/c39-37-29-15-5-10-20-35(29)41-36-23-24(21-22-30(36)37)38-31-16-6-1-11-25(31)27-13-3-8-18-33(27)40-34-19-9-4-14-28(34)26-12-2-7-17-32(26)38/h1-23H. The van der Waals surface area contributed by atoms with Crippen molar-refractivity contribution in [1.29, 1.82) is 0 Å². The van der Waals surface area contributed by atoms with Crippen molar-refractivity contribution in [2.75, 3.05) is 4.90 Å². The van der Waals surface area contributed by atoms with E-state index in [9.17, 15) is 4.79 Å². The molecule has 0 spiro atoms. The summed E-state index contributed by atoms with van der Waals surface area (Å²) in [5.74, 6) is 0. The number of rotatable bonds is 1. The lowest BCUT2D eigenvalue weighted by atomic mass is 9.98. The van der Waals surface area contributed by atoms with Crippen LogP contribution in [-0.4, -0.2) is 0 Å². The second-order valence-electron chi connectivity index (χ2n) is 10.1. The van der Waals surface area contributed by atoms with Gasteiger partial charge in [-0.1, -0.05) is 96.7 Å². The Morgan fingerprint density at radius 2 is 0.976 bits per heavy atom. The zero-order valence-corrected chi connectivity index (χ0v) is 23.6. The largest absolute Gasteiger partial charge is 0.309 e. The van der Waals surface area contributed by atoms with E-state index in [4.69, 9.17) is 0 Å². The van der Waals surface area contributed by atoms with Crippen LogP contribution < -0.4 is 10.3 Å². The average Bonchev–Trinajstić information content (AvgIpc) is 3.02. The molecule has 0 saturated carbocycles. The van der Waals surface area contributed by atoms with Crippen LogP contribution in [0.3, 0.4) is 0 Å². The van der Waals surface area contributed by atoms with Crippen molar-refractivity contribution in [2.45, 2.75) is 9.79 Å². The third-order valence-corrected chi connectivity index (χ3v) is 9.97. The summed E-state index contributed by atoms with van der Waals surface area (Å²) >= 11 is 3.49. The number of hydrogen-bond donors (Lipinski definition) is 0. The first kappa shape index (κ1) is 24.2. The second-order valence-corrected chi connectivity index (χ2v) is 12.2. The Morgan fingerprint density at radius 1 is 0.463 bits per heavy atom. The van der Waals surface area contributed by atoms with Crippen molar-refractivity contribution in [1.82, 2.24) is 0 Å². The summed E-state index contributed by atoms with van der Waals surface area (Å²) in [6.45, 7) is 0. The first-order chi connectivity index (χ1) is 20.3. The minimum atomic E-state index is 0.0857. The number of fused-ring (bicyclic) bond motifs is 8. The molecule has 6 aromatic carbocycles. The predicted molar refractivity (Wildman–Crippen MR) is 175 cm³/mol. The Balaban J connectivity index is 1.48. The van der Waals surface area contributed by atoms with E-state index in [1.54, 1.807) is 11.3 Å². The van der Waals surface area contributed by atoms with Crippen molar-refractivity contribution < 1.29 is 0 Å². The van der Waals surface area contributed by atoms with Crippen molar-refractivity contribution in [3.05, 3.63) is 150 Å². The van der Waals surface area contributed by atoms with Gasteiger partial charge in [0.25, 0.3) is 0 Å². The smallest absolute Gasteiger partial charge is 0.195 e. The Labute approximate surface area is 246 Å². The highest BCUT2D eigenvalue weighted by molar-refractivity contribution is 7.99. The Bertz CT molecular complexity index is 2090. The number of para-hydroxylation sites is 2. The quantitative estimate of drug-likeness (QED) is 0.186. The van der Waals surface area contributed by atoms with Gasteiger partial charge in [-0.05, 0) is 65.7 Å². The van der Waals surface area contributed by atoms with Gasteiger partial charge in [0.1, 0.15) is 0 Å². The lowest BCUT2D eigenvalue weighted by Gasteiger charge is -2.31. The molecule has 0 N–H and O–H groups in total. The molecule has 8 rings (SSSR count). The van der Waals surface area contributed by atoms with Crippen LogP contribution in [0.25, 0.3) is 42.4 Å². The maximum absolute atomic E-state index is 13.4. The Morgan fingerprint density at radius 3 is 1.63 bits per heavy atom. The maximum Gasteiger partial charge on any atom is 0.195 e.